The average Bonchev–Trinajstić information content (AvgIpc) is 2.58. The second-order valence-electron chi connectivity index (χ2n) is 4.39. The van der Waals surface area contributed by atoms with E-state index >= 15 is 0 Å². The van der Waals surface area contributed by atoms with Gasteiger partial charge in [-0.3, -0.25) is 0 Å². The fraction of sp³-hybridized carbons (Fsp3) is 0. The van der Waals surface area contributed by atoms with Crippen LogP contribution >= 0.6 is 0 Å². The van der Waals surface area contributed by atoms with Gasteiger partial charge in [-0.15, -0.1) is 0 Å². The molecule has 0 aliphatic rings. The Kier molecular flexibility index (Phi) is 4.82. The molecular formula is C15H12IN4O2S-. The predicted molar refractivity (Wildman–Crippen MR) is 80.9 cm³/mol. The predicted octanol–water partition coefficient (Wildman–Crippen LogP) is -1.20. The summed E-state index contributed by atoms with van der Waals surface area (Å²) in [6.45, 7) is 0. The molecule has 1 N–H and O–H groups in total. The van der Waals surface area contributed by atoms with Crippen molar-refractivity contribution >= 4 is 15.7 Å². The normalized spacial score (nSPS) is 11.3. The summed E-state index contributed by atoms with van der Waals surface area (Å²) in [5.74, 6) is 0. The number of rotatable bonds is 5. The Bertz CT molecular complexity index is 890. The van der Waals surface area contributed by atoms with Crippen molar-refractivity contribution in [3.63, 3.8) is 0 Å². The maximum absolute atomic E-state index is 12.5. The quantitative estimate of drug-likeness (QED) is 0.307. The van der Waals surface area contributed by atoms with E-state index < -0.39 is 31.2 Å². The van der Waals surface area contributed by atoms with E-state index in [1.54, 1.807) is 54.9 Å². The molecule has 0 amide bonds. The van der Waals surface area contributed by atoms with Gasteiger partial charge < -0.3 is 0 Å². The molecular weight excluding hydrogens is 427 g/mol. The van der Waals surface area contributed by atoms with E-state index in [0.717, 1.165) is 3.70 Å². The van der Waals surface area contributed by atoms with Crippen LogP contribution in [-0.4, -0.2) is 23.4 Å². The first-order valence-corrected chi connectivity index (χ1v) is 10.2. The second kappa shape index (κ2) is 7.01. The number of halogens is 1. The molecule has 2 aromatic heterocycles. The van der Waals surface area contributed by atoms with Gasteiger partial charge in [0.15, 0.2) is 0 Å². The first-order valence-electron chi connectivity index (χ1n) is 6.59. The molecule has 118 valence electrons. The van der Waals surface area contributed by atoms with Gasteiger partial charge in [0.1, 0.15) is 0 Å². The zero-order valence-electron chi connectivity index (χ0n) is 11.8. The van der Waals surface area contributed by atoms with Gasteiger partial charge in [-0.05, 0) is 0 Å². The van der Waals surface area contributed by atoms with Crippen molar-refractivity contribution < 1.29 is 29.6 Å². The van der Waals surface area contributed by atoms with Crippen molar-refractivity contribution in [3.8, 4) is 0 Å². The summed E-state index contributed by atoms with van der Waals surface area (Å²) in [6, 6.07) is 13.5. The summed E-state index contributed by atoms with van der Waals surface area (Å²) < 4.78 is 29.1. The van der Waals surface area contributed by atoms with E-state index in [2.05, 4.69) is 19.7 Å². The van der Waals surface area contributed by atoms with Crippen LogP contribution < -0.4 is 25.9 Å². The molecule has 3 aromatic rings. The topological polar surface area (TPSA) is 84.8 Å². The van der Waals surface area contributed by atoms with Gasteiger partial charge in [0.05, 0.1) is 0 Å². The standard InChI is InChI=1S/C15H12IN4O2S/c21-23(22,12-5-2-1-3-6-12)20-13-7-4-9-18-15(13)16-14-8-10-17-11-19-14/h1-11,20H/q-1. The van der Waals surface area contributed by atoms with Crippen molar-refractivity contribution in [2.75, 3.05) is 4.72 Å². The van der Waals surface area contributed by atoms with Gasteiger partial charge in [-0.1, -0.05) is 0 Å². The fourth-order valence-corrected chi connectivity index (χ4v) is 5.07. The number of aromatic nitrogens is 3. The maximum atomic E-state index is 12.5. The number of pyridine rings is 1. The van der Waals surface area contributed by atoms with Gasteiger partial charge in [0.2, 0.25) is 0 Å². The summed E-state index contributed by atoms with van der Waals surface area (Å²) in [5, 5.41) is 0. The molecule has 0 atom stereocenters. The SMILES string of the molecule is O=S(=O)(Nc1cccnc1[I-]c1ccncn1)c1ccccc1. The van der Waals surface area contributed by atoms with Crippen molar-refractivity contribution in [2.24, 2.45) is 0 Å². The van der Waals surface area contributed by atoms with E-state index in [9.17, 15) is 8.42 Å². The first kappa shape index (κ1) is 15.8. The van der Waals surface area contributed by atoms with Gasteiger partial charge in [-0.25, -0.2) is 0 Å². The van der Waals surface area contributed by atoms with Crippen LogP contribution in [0.15, 0.2) is 72.1 Å². The fourth-order valence-electron chi connectivity index (χ4n) is 1.76. The number of nitrogens with zero attached hydrogens (tertiary/aromatic N) is 3. The third kappa shape index (κ3) is 4.02. The summed E-state index contributed by atoms with van der Waals surface area (Å²) in [6.07, 6.45) is 4.79. The van der Waals surface area contributed by atoms with Crippen LogP contribution in [0.2, 0.25) is 0 Å². The van der Waals surface area contributed by atoms with Crippen LogP contribution in [0.25, 0.3) is 0 Å². The molecule has 2 heterocycles. The number of hydrogen-bond acceptors (Lipinski definition) is 5. The molecule has 8 heteroatoms. The van der Waals surface area contributed by atoms with Crippen molar-refractivity contribution in [3.05, 3.63) is 74.7 Å². The Morgan fingerprint density at radius 1 is 0.913 bits per heavy atom. The van der Waals surface area contributed by atoms with E-state index in [4.69, 9.17) is 0 Å². The number of nitrogens with one attached hydrogen (secondary N) is 1. The Labute approximate surface area is 144 Å². The summed E-state index contributed by atoms with van der Waals surface area (Å²) in [7, 11) is -3.63. The van der Waals surface area contributed by atoms with Gasteiger partial charge in [-0.2, -0.15) is 0 Å². The molecule has 0 radical (unpaired) electrons. The number of sulfonamides is 1. The molecule has 0 aliphatic carbocycles. The Balaban J connectivity index is 1.89. The van der Waals surface area contributed by atoms with E-state index in [1.165, 1.54) is 6.33 Å². The molecule has 6 nitrogen and oxygen atoms in total. The van der Waals surface area contributed by atoms with Crippen LogP contribution in [0.3, 0.4) is 0 Å². The first-order chi connectivity index (χ1) is 11.1. The van der Waals surface area contributed by atoms with Crippen molar-refractivity contribution in [2.45, 2.75) is 4.90 Å². The van der Waals surface area contributed by atoms with Gasteiger partial charge in [0.25, 0.3) is 0 Å². The zero-order valence-corrected chi connectivity index (χ0v) is 14.8. The van der Waals surface area contributed by atoms with Crippen LogP contribution in [0.5, 0.6) is 0 Å². The molecule has 0 saturated heterocycles. The third-order valence-corrected chi connectivity index (χ3v) is 6.73. The van der Waals surface area contributed by atoms with Crippen LogP contribution in [0.1, 0.15) is 0 Å². The van der Waals surface area contributed by atoms with E-state index in [-0.39, 0.29) is 4.90 Å². The van der Waals surface area contributed by atoms with E-state index in [0.29, 0.717) is 9.39 Å². The van der Waals surface area contributed by atoms with Crippen LogP contribution in [0.4, 0.5) is 5.69 Å². The van der Waals surface area contributed by atoms with Gasteiger partial charge >= 0.3 is 145 Å². The Morgan fingerprint density at radius 3 is 2.48 bits per heavy atom. The number of anilines is 1. The molecule has 0 fully saturated rings. The van der Waals surface area contributed by atoms with Crippen LogP contribution in [0, 0.1) is 7.40 Å². The molecule has 0 aliphatic heterocycles. The average molecular weight is 439 g/mol. The molecule has 0 unspecified atom stereocenters. The minimum absolute atomic E-state index is 0.218. The molecule has 23 heavy (non-hydrogen) atoms. The van der Waals surface area contributed by atoms with Crippen molar-refractivity contribution in [1.29, 1.82) is 0 Å². The molecule has 0 spiro atoms. The summed E-state index contributed by atoms with van der Waals surface area (Å²) >= 11 is -0.707. The molecule has 1 aromatic carbocycles. The Hall–Kier alpha value is -2.07. The van der Waals surface area contributed by atoms with Gasteiger partial charge in [0, 0.05) is 0 Å². The second-order valence-corrected chi connectivity index (χ2v) is 8.74. The monoisotopic (exact) mass is 439 g/mol. The van der Waals surface area contributed by atoms with E-state index in [1.807, 2.05) is 6.07 Å². The number of benzene rings is 1. The summed E-state index contributed by atoms with van der Waals surface area (Å²) in [5.41, 5.74) is 0.489. The third-order valence-electron chi connectivity index (χ3n) is 2.79. The summed E-state index contributed by atoms with van der Waals surface area (Å²) in [4.78, 5) is 12.6. The molecule has 3 rings (SSSR count). The molecule has 0 saturated carbocycles. The van der Waals surface area contributed by atoms with Crippen molar-refractivity contribution in [1.82, 2.24) is 15.0 Å². The minimum atomic E-state index is -3.63. The zero-order chi connectivity index (χ0) is 16.1. The number of hydrogen-bond donors (Lipinski definition) is 1. The Morgan fingerprint density at radius 2 is 1.74 bits per heavy atom. The molecule has 0 bridgehead atoms. The van der Waals surface area contributed by atoms with Crippen LogP contribution in [-0.2, 0) is 10.0 Å².